The van der Waals surface area contributed by atoms with Crippen LogP contribution in [-0.2, 0) is 19.6 Å². The first-order valence-electron chi connectivity index (χ1n) is 9.04. The Bertz CT molecular complexity index is 920. The number of hydrogen-bond donors (Lipinski definition) is 1. The highest BCUT2D eigenvalue weighted by Gasteiger charge is 2.18. The Hall–Kier alpha value is -2.16. The van der Waals surface area contributed by atoms with Crippen LogP contribution in [0.1, 0.15) is 44.7 Å². The van der Waals surface area contributed by atoms with Gasteiger partial charge in [-0.05, 0) is 55.5 Å². The number of amides is 1. The number of aromatic nitrogens is 2. The molecule has 0 saturated carbocycles. The molecule has 0 saturated heterocycles. The summed E-state index contributed by atoms with van der Waals surface area (Å²) >= 11 is 3.07. The zero-order valence-corrected chi connectivity index (χ0v) is 17.7. The average Bonchev–Trinajstić information content (AvgIpc) is 3.30. The zero-order valence-electron chi connectivity index (χ0n) is 16.1. The van der Waals surface area contributed by atoms with E-state index in [-0.39, 0.29) is 11.7 Å². The summed E-state index contributed by atoms with van der Waals surface area (Å²) in [5.74, 6) is -0.561. The number of benzene rings is 1. The van der Waals surface area contributed by atoms with Crippen LogP contribution in [0.25, 0.3) is 0 Å². The van der Waals surface area contributed by atoms with Gasteiger partial charge in [-0.2, -0.15) is 0 Å². The Balaban J connectivity index is 1.59. The van der Waals surface area contributed by atoms with Gasteiger partial charge >= 0.3 is 0 Å². The van der Waals surface area contributed by atoms with Crippen LogP contribution in [0, 0.1) is 12.7 Å². The third-order valence-electron chi connectivity index (χ3n) is 4.41. The quantitative estimate of drug-likeness (QED) is 0.590. The lowest BCUT2D eigenvalue weighted by Gasteiger charge is -2.25. The van der Waals surface area contributed by atoms with Crippen molar-refractivity contribution in [3.05, 3.63) is 67.5 Å². The summed E-state index contributed by atoms with van der Waals surface area (Å²) < 4.78 is 12.9. The van der Waals surface area contributed by atoms with Crippen molar-refractivity contribution in [1.29, 1.82) is 0 Å². The van der Waals surface area contributed by atoms with Crippen molar-refractivity contribution < 1.29 is 9.18 Å². The molecule has 3 aromatic rings. The summed E-state index contributed by atoms with van der Waals surface area (Å²) in [5, 5.41) is 14.3. The van der Waals surface area contributed by atoms with Crippen LogP contribution in [-0.4, -0.2) is 27.0 Å². The molecule has 8 heteroatoms. The summed E-state index contributed by atoms with van der Waals surface area (Å²) in [6.45, 7) is 8.26. The second-order valence-corrected chi connectivity index (χ2v) is 8.90. The normalized spacial score (nSPS) is 11.4. The van der Waals surface area contributed by atoms with E-state index >= 15 is 0 Å². The molecule has 0 radical (unpaired) electrons. The third-order valence-corrected chi connectivity index (χ3v) is 6.33. The van der Waals surface area contributed by atoms with Crippen molar-refractivity contribution in [2.24, 2.45) is 0 Å². The fourth-order valence-electron chi connectivity index (χ4n) is 2.61. The van der Waals surface area contributed by atoms with Gasteiger partial charge in [-0.3, -0.25) is 9.69 Å². The maximum Gasteiger partial charge on any atom is 0.282 e. The number of aryl methyl sites for hydroxylation is 1. The van der Waals surface area contributed by atoms with Crippen molar-refractivity contribution in [2.45, 2.75) is 46.4 Å². The summed E-state index contributed by atoms with van der Waals surface area (Å²) in [6.07, 6.45) is 0. The number of hydrogen-bond acceptors (Lipinski definition) is 6. The van der Waals surface area contributed by atoms with Gasteiger partial charge in [0.15, 0.2) is 0 Å². The molecule has 0 bridgehead atoms. The molecule has 3 rings (SSSR count). The molecule has 1 amide bonds. The molecule has 1 N–H and O–H groups in total. The number of nitrogens with one attached hydrogen (secondary N) is 1. The Morgan fingerprint density at radius 2 is 1.93 bits per heavy atom. The summed E-state index contributed by atoms with van der Waals surface area (Å²) in [6, 6.07) is 8.53. The predicted molar refractivity (Wildman–Crippen MR) is 111 cm³/mol. The van der Waals surface area contributed by atoms with Gasteiger partial charge in [-0.15, -0.1) is 21.5 Å². The Morgan fingerprint density at radius 1 is 1.18 bits per heavy atom. The number of rotatable bonds is 8. The van der Waals surface area contributed by atoms with Crippen LogP contribution >= 0.6 is 22.7 Å². The van der Waals surface area contributed by atoms with Gasteiger partial charge in [0.1, 0.15) is 10.8 Å². The Kier molecular flexibility index (Phi) is 6.88. The van der Waals surface area contributed by atoms with Gasteiger partial charge < -0.3 is 5.32 Å². The highest BCUT2D eigenvalue weighted by Crippen LogP contribution is 2.21. The van der Waals surface area contributed by atoms with Crippen molar-refractivity contribution >= 4 is 28.6 Å². The second kappa shape index (κ2) is 9.36. The molecule has 0 aliphatic heterocycles. The predicted octanol–water partition coefficient (Wildman–Crippen LogP) is 4.39. The number of carbonyl (C=O) groups excluding carboxylic acids is 1. The lowest BCUT2D eigenvalue weighted by atomic mass is 10.2. The standard InChI is InChI=1S/C20H23FN4OS2/c1-13(2)25(11-17-14(3)8-9-27-17)12-18-23-24-20(28-18)19(26)22-10-15-4-6-16(21)7-5-15/h4-9,13H,10-12H2,1-3H3,(H,22,26). The molecular formula is C20H23FN4OS2. The van der Waals surface area contributed by atoms with Gasteiger partial charge in [0, 0.05) is 24.0 Å². The van der Waals surface area contributed by atoms with Gasteiger partial charge in [0.2, 0.25) is 5.01 Å². The molecule has 0 fully saturated rings. The van der Waals surface area contributed by atoms with Crippen molar-refractivity contribution in [3.63, 3.8) is 0 Å². The molecule has 0 atom stereocenters. The smallest absolute Gasteiger partial charge is 0.282 e. The Labute approximate surface area is 172 Å². The van der Waals surface area contributed by atoms with Crippen LogP contribution in [0.5, 0.6) is 0 Å². The molecular weight excluding hydrogens is 395 g/mol. The van der Waals surface area contributed by atoms with Gasteiger partial charge in [-0.25, -0.2) is 4.39 Å². The fraction of sp³-hybridized carbons (Fsp3) is 0.350. The topological polar surface area (TPSA) is 58.1 Å². The molecule has 5 nitrogen and oxygen atoms in total. The molecule has 0 aliphatic carbocycles. The summed E-state index contributed by atoms with van der Waals surface area (Å²) in [4.78, 5) is 16.0. The first-order chi connectivity index (χ1) is 13.4. The minimum atomic E-state index is -0.295. The van der Waals surface area contributed by atoms with E-state index < -0.39 is 0 Å². The number of halogens is 1. The highest BCUT2D eigenvalue weighted by atomic mass is 32.1. The molecule has 2 heterocycles. The van der Waals surface area contributed by atoms with Crippen LogP contribution < -0.4 is 5.32 Å². The first kappa shape index (κ1) is 20.6. The minimum Gasteiger partial charge on any atom is -0.346 e. The number of nitrogens with zero attached hydrogens (tertiary/aromatic N) is 3. The van der Waals surface area contributed by atoms with E-state index in [9.17, 15) is 9.18 Å². The molecule has 28 heavy (non-hydrogen) atoms. The van der Waals surface area contributed by atoms with Crippen molar-refractivity contribution in [3.8, 4) is 0 Å². The van der Waals surface area contributed by atoms with E-state index in [1.807, 2.05) is 0 Å². The largest absolute Gasteiger partial charge is 0.346 e. The number of carbonyl (C=O) groups is 1. The third kappa shape index (κ3) is 5.43. The van der Waals surface area contributed by atoms with Crippen LogP contribution in [0.2, 0.25) is 0 Å². The lowest BCUT2D eigenvalue weighted by Crippen LogP contribution is -2.29. The molecule has 2 aromatic heterocycles. The minimum absolute atomic E-state index is 0.265. The van der Waals surface area contributed by atoms with E-state index in [4.69, 9.17) is 0 Å². The molecule has 0 aliphatic rings. The zero-order chi connectivity index (χ0) is 20.1. The monoisotopic (exact) mass is 418 g/mol. The van der Waals surface area contributed by atoms with Gasteiger partial charge in [0.05, 0.1) is 6.54 Å². The van der Waals surface area contributed by atoms with E-state index in [1.165, 1.54) is 33.9 Å². The summed E-state index contributed by atoms with van der Waals surface area (Å²) in [7, 11) is 0. The SMILES string of the molecule is Cc1ccsc1CN(Cc1nnc(C(=O)NCc2ccc(F)cc2)s1)C(C)C. The van der Waals surface area contributed by atoms with Gasteiger partial charge in [-0.1, -0.05) is 23.5 Å². The van der Waals surface area contributed by atoms with E-state index in [0.29, 0.717) is 24.1 Å². The highest BCUT2D eigenvalue weighted by molar-refractivity contribution is 7.13. The maximum atomic E-state index is 12.9. The van der Waals surface area contributed by atoms with Crippen LogP contribution in [0.3, 0.4) is 0 Å². The maximum absolute atomic E-state index is 12.9. The Morgan fingerprint density at radius 3 is 2.57 bits per heavy atom. The average molecular weight is 419 g/mol. The summed E-state index contributed by atoms with van der Waals surface area (Å²) in [5.41, 5.74) is 2.13. The van der Waals surface area contributed by atoms with E-state index in [1.54, 1.807) is 23.5 Å². The van der Waals surface area contributed by atoms with Crippen molar-refractivity contribution in [2.75, 3.05) is 0 Å². The van der Waals surface area contributed by atoms with Gasteiger partial charge in [0.25, 0.3) is 5.91 Å². The molecule has 0 unspecified atom stereocenters. The first-order valence-corrected chi connectivity index (χ1v) is 10.7. The fourth-order valence-corrected chi connectivity index (χ4v) is 4.33. The molecule has 0 spiro atoms. The van der Waals surface area contributed by atoms with E-state index in [2.05, 4.69) is 52.6 Å². The second-order valence-electron chi connectivity index (χ2n) is 6.84. The van der Waals surface area contributed by atoms with Crippen LogP contribution in [0.15, 0.2) is 35.7 Å². The molecule has 148 valence electrons. The van der Waals surface area contributed by atoms with Crippen LogP contribution in [0.4, 0.5) is 4.39 Å². The van der Waals surface area contributed by atoms with Crippen molar-refractivity contribution in [1.82, 2.24) is 20.4 Å². The molecule has 1 aromatic carbocycles. The number of thiophene rings is 1. The lowest BCUT2D eigenvalue weighted by molar-refractivity contribution is 0.0950. The van der Waals surface area contributed by atoms with E-state index in [0.717, 1.165) is 17.1 Å².